The fourth-order valence-electron chi connectivity index (χ4n) is 2.05. The SMILES string of the molecule is CC(NC(=O)CNC(=O)c1cccc(Br)c1)c1ccc(F)c(F)c1. The molecule has 0 aliphatic heterocycles. The number of benzene rings is 2. The largest absolute Gasteiger partial charge is 0.348 e. The van der Waals surface area contributed by atoms with Gasteiger partial charge < -0.3 is 10.6 Å². The van der Waals surface area contributed by atoms with Gasteiger partial charge in [0.15, 0.2) is 11.6 Å². The van der Waals surface area contributed by atoms with Gasteiger partial charge in [-0.25, -0.2) is 8.78 Å². The number of carbonyl (C=O) groups is 2. The van der Waals surface area contributed by atoms with Crippen molar-refractivity contribution in [3.05, 3.63) is 69.7 Å². The van der Waals surface area contributed by atoms with E-state index in [1.54, 1.807) is 31.2 Å². The lowest BCUT2D eigenvalue weighted by Gasteiger charge is -2.15. The van der Waals surface area contributed by atoms with Crippen molar-refractivity contribution in [3.63, 3.8) is 0 Å². The molecular weight excluding hydrogens is 382 g/mol. The molecule has 1 atom stereocenters. The highest BCUT2D eigenvalue weighted by Crippen LogP contribution is 2.15. The molecule has 2 amide bonds. The van der Waals surface area contributed by atoms with Crippen LogP contribution < -0.4 is 10.6 Å². The highest BCUT2D eigenvalue weighted by molar-refractivity contribution is 9.10. The minimum atomic E-state index is -0.975. The van der Waals surface area contributed by atoms with Gasteiger partial charge in [-0.1, -0.05) is 28.1 Å². The average molecular weight is 397 g/mol. The van der Waals surface area contributed by atoms with Crippen LogP contribution in [0.2, 0.25) is 0 Å². The highest BCUT2D eigenvalue weighted by atomic mass is 79.9. The summed E-state index contributed by atoms with van der Waals surface area (Å²) in [5.74, 6) is -2.74. The first-order valence-corrected chi connectivity index (χ1v) is 7.94. The molecule has 1 unspecified atom stereocenters. The summed E-state index contributed by atoms with van der Waals surface area (Å²) < 4.78 is 26.9. The number of amides is 2. The predicted octanol–water partition coefficient (Wildman–Crippen LogP) is 3.33. The van der Waals surface area contributed by atoms with Crippen molar-refractivity contribution in [2.24, 2.45) is 0 Å². The fourth-order valence-corrected chi connectivity index (χ4v) is 2.45. The number of rotatable bonds is 5. The van der Waals surface area contributed by atoms with Gasteiger partial charge in [0, 0.05) is 10.0 Å². The molecule has 0 saturated heterocycles. The first-order chi connectivity index (χ1) is 11.4. The normalized spacial score (nSPS) is 11.7. The van der Waals surface area contributed by atoms with Crippen LogP contribution in [-0.4, -0.2) is 18.4 Å². The van der Waals surface area contributed by atoms with Crippen molar-refractivity contribution in [1.29, 1.82) is 0 Å². The van der Waals surface area contributed by atoms with Crippen LogP contribution in [0.15, 0.2) is 46.9 Å². The smallest absolute Gasteiger partial charge is 0.251 e. The molecule has 2 rings (SSSR count). The quantitative estimate of drug-likeness (QED) is 0.814. The van der Waals surface area contributed by atoms with Crippen LogP contribution in [0.4, 0.5) is 8.78 Å². The van der Waals surface area contributed by atoms with E-state index in [9.17, 15) is 18.4 Å². The molecule has 0 spiro atoms. The predicted molar refractivity (Wildman–Crippen MR) is 89.4 cm³/mol. The number of halogens is 3. The Morgan fingerprint density at radius 3 is 2.54 bits per heavy atom. The maximum atomic E-state index is 13.2. The van der Waals surface area contributed by atoms with Crippen LogP contribution in [0.1, 0.15) is 28.9 Å². The third kappa shape index (κ3) is 4.86. The molecule has 7 heteroatoms. The second kappa shape index (κ2) is 8.01. The first kappa shape index (κ1) is 18.1. The summed E-state index contributed by atoms with van der Waals surface area (Å²) in [5, 5.41) is 5.11. The van der Waals surface area contributed by atoms with Crippen molar-refractivity contribution >= 4 is 27.7 Å². The fraction of sp³-hybridized carbons (Fsp3) is 0.176. The molecule has 0 aliphatic rings. The van der Waals surface area contributed by atoms with Crippen LogP contribution >= 0.6 is 15.9 Å². The van der Waals surface area contributed by atoms with Crippen molar-refractivity contribution in [2.45, 2.75) is 13.0 Å². The Balaban J connectivity index is 1.88. The van der Waals surface area contributed by atoms with E-state index in [1.165, 1.54) is 6.07 Å². The Hall–Kier alpha value is -2.28. The molecule has 0 radical (unpaired) electrons. The molecule has 2 aromatic carbocycles. The standard InChI is InChI=1S/C17H15BrF2N2O2/c1-10(11-5-6-14(19)15(20)8-11)22-16(23)9-21-17(24)12-3-2-4-13(18)7-12/h2-8,10H,9H2,1H3,(H,21,24)(H,22,23). The van der Waals surface area contributed by atoms with Crippen molar-refractivity contribution < 1.29 is 18.4 Å². The van der Waals surface area contributed by atoms with Gasteiger partial charge in [-0.15, -0.1) is 0 Å². The zero-order valence-corrected chi connectivity index (χ0v) is 14.4. The van der Waals surface area contributed by atoms with Crippen molar-refractivity contribution in [2.75, 3.05) is 6.54 Å². The molecule has 24 heavy (non-hydrogen) atoms. The van der Waals surface area contributed by atoms with Gasteiger partial charge in [0.1, 0.15) is 0 Å². The van der Waals surface area contributed by atoms with Gasteiger partial charge in [0.05, 0.1) is 12.6 Å². The summed E-state index contributed by atoms with van der Waals surface area (Å²) in [7, 11) is 0. The lowest BCUT2D eigenvalue weighted by atomic mass is 10.1. The number of nitrogens with one attached hydrogen (secondary N) is 2. The van der Waals surface area contributed by atoms with Gasteiger partial charge in [-0.3, -0.25) is 9.59 Å². The van der Waals surface area contributed by atoms with E-state index in [0.717, 1.165) is 16.6 Å². The van der Waals surface area contributed by atoms with Gasteiger partial charge in [0.2, 0.25) is 5.91 Å². The molecule has 0 saturated carbocycles. The van der Waals surface area contributed by atoms with Gasteiger partial charge in [-0.05, 0) is 42.8 Å². The minimum absolute atomic E-state index is 0.223. The first-order valence-electron chi connectivity index (χ1n) is 7.15. The Labute approximate surface area is 146 Å². The molecule has 0 heterocycles. The molecule has 2 N–H and O–H groups in total. The van der Waals surface area contributed by atoms with E-state index in [0.29, 0.717) is 11.1 Å². The molecule has 0 aromatic heterocycles. The molecule has 2 aromatic rings. The molecule has 0 fully saturated rings. The lowest BCUT2D eigenvalue weighted by molar-refractivity contribution is -0.120. The Morgan fingerprint density at radius 1 is 1.12 bits per heavy atom. The van der Waals surface area contributed by atoms with E-state index in [2.05, 4.69) is 26.6 Å². The number of hydrogen-bond donors (Lipinski definition) is 2. The van der Waals surface area contributed by atoms with E-state index in [-0.39, 0.29) is 12.5 Å². The summed E-state index contributed by atoms with van der Waals surface area (Å²) in [6, 6.07) is 9.66. The Bertz CT molecular complexity index is 768. The molecule has 4 nitrogen and oxygen atoms in total. The molecule has 0 aliphatic carbocycles. The lowest BCUT2D eigenvalue weighted by Crippen LogP contribution is -2.38. The van der Waals surface area contributed by atoms with Gasteiger partial charge >= 0.3 is 0 Å². The molecule has 0 bridgehead atoms. The summed E-state index contributed by atoms with van der Waals surface area (Å²) in [4.78, 5) is 23.8. The van der Waals surface area contributed by atoms with Crippen LogP contribution in [-0.2, 0) is 4.79 Å². The second-order valence-electron chi connectivity index (χ2n) is 5.16. The zero-order valence-electron chi connectivity index (χ0n) is 12.8. The Kier molecular flexibility index (Phi) is 6.03. The molecule has 126 valence electrons. The van der Waals surface area contributed by atoms with E-state index in [4.69, 9.17) is 0 Å². The number of hydrogen-bond acceptors (Lipinski definition) is 2. The summed E-state index contributed by atoms with van der Waals surface area (Å²) in [5.41, 5.74) is 0.853. The number of carbonyl (C=O) groups excluding carboxylic acids is 2. The van der Waals surface area contributed by atoms with Crippen molar-refractivity contribution in [3.8, 4) is 0 Å². The van der Waals surface area contributed by atoms with Gasteiger partial charge in [-0.2, -0.15) is 0 Å². The van der Waals surface area contributed by atoms with Crippen LogP contribution in [0.25, 0.3) is 0 Å². The Morgan fingerprint density at radius 2 is 1.88 bits per heavy atom. The van der Waals surface area contributed by atoms with Crippen LogP contribution in [0.3, 0.4) is 0 Å². The summed E-state index contributed by atoms with van der Waals surface area (Å²) in [6.45, 7) is 1.42. The highest BCUT2D eigenvalue weighted by Gasteiger charge is 2.13. The monoisotopic (exact) mass is 396 g/mol. The van der Waals surface area contributed by atoms with Gasteiger partial charge in [0.25, 0.3) is 5.91 Å². The maximum Gasteiger partial charge on any atom is 0.251 e. The van der Waals surface area contributed by atoms with E-state index >= 15 is 0 Å². The van der Waals surface area contributed by atoms with Crippen LogP contribution in [0.5, 0.6) is 0 Å². The van der Waals surface area contributed by atoms with Crippen LogP contribution in [0, 0.1) is 11.6 Å². The maximum absolute atomic E-state index is 13.2. The summed E-state index contributed by atoms with van der Waals surface area (Å²) >= 11 is 3.26. The minimum Gasteiger partial charge on any atom is -0.348 e. The van der Waals surface area contributed by atoms with Crippen molar-refractivity contribution in [1.82, 2.24) is 10.6 Å². The molecular formula is C17H15BrF2N2O2. The van der Waals surface area contributed by atoms with E-state index in [1.807, 2.05) is 0 Å². The topological polar surface area (TPSA) is 58.2 Å². The third-order valence-corrected chi connectivity index (χ3v) is 3.81. The van der Waals surface area contributed by atoms with E-state index < -0.39 is 23.6 Å². The second-order valence-corrected chi connectivity index (χ2v) is 6.07. The third-order valence-electron chi connectivity index (χ3n) is 3.32. The summed E-state index contributed by atoms with van der Waals surface area (Å²) in [6.07, 6.45) is 0. The zero-order chi connectivity index (χ0) is 17.7. The average Bonchev–Trinajstić information content (AvgIpc) is 2.55.